The third kappa shape index (κ3) is 4.46. The highest BCUT2D eigenvalue weighted by molar-refractivity contribution is 9.10. The molecule has 1 saturated carbocycles. The van der Waals surface area contributed by atoms with Crippen molar-refractivity contribution in [2.45, 2.75) is 25.2 Å². The first kappa shape index (κ1) is 17.3. The Morgan fingerprint density at radius 1 is 1.32 bits per heavy atom. The van der Waals surface area contributed by atoms with Crippen molar-refractivity contribution in [1.29, 1.82) is 0 Å². The van der Waals surface area contributed by atoms with Gasteiger partial charge in [0.05, 0.1) is 0 Å². The molecule has 0 aromatic heterocycles. The van der Waals surface area contributed by atoms with Crippen LogP contribution in [0.25, 0.3) is 0 Å². The molecule has 4 nitrogen and oxygen atoms in total. The SMILES string of the molecule is CCN(C)CCNC(=NC)NCC1(c2ccccc2Br)CC1. The Morgan fingerprint density at radius 3 is 2.64 bits per heavy atom. The summed E-state index contributed by atoms with van der Waals surface area (Å²) in [6.07, 6.45) is 2.47. The van der Waals surface area contributed by atoms with Crippen molar-refractivity contribution in [3.05, 3.63) is 34.3 Å². The van der Waals surface area contributed by atoms with E-state index < -0.39 is 0 Å². The fourth-order valence-corrected chi connectivity index (χ4v) is 3.29. The lowest BCUT2D eigenvalue weighted by molar-refractivity contribution is 0.357. The first-order chi connectivity index (χ1) is 10.6. The topological polar surface area (TPSA) is 39.7 Å². The third-order valence-electron chi connectivity index (χ3n) is 4.44. The maximum Gasteiger partial charge on any atom is 0.191 e. The standard InChI is InChI=1S/C17H27BrN4/c1-4-22(3)12-11-20-16(19-2)21-13-17(9-10-17)14-7-5-6-8-15(14)18/h5-8H,4,9-13H2,1-3H3,(H2,19,20,21). The summed E-state index contributed by atoms with van der Waals surface area (Å²) in [6.45, 7) is 6.10. The number of halogens is 1. The molecule has 1 aliphatic rings. The smallest absolute Gasteiger partial charge is 0.191 e. The van der Waals surface area contributed by atoms with Crippen LogP contribution in [-0.2, 0) is 5.41 Å². The zero-order valence-corrected chi connectivity index (χ0v) is 15.4. The van der Waals surface area contributed by atoms with Gasteiger partial charge in [-0.2, -0.15) is 0 Å². The van der Waals surface area contributed by atoms with Crippen LogP contribution >= 0.6 is 15.9 Å². The Kier molecular flexibility index (Phi) is 6.26. The summed E-state index contributed by atoms with van der Waals surface area (Å²) >= 11 is 3.68. The van der Waals surface area contributed by atoms with Gasteiger partial charge in [-0.25, -0.2) is 0 Å². The minimum Gasteiger partial charge on any atom is -0.356 e. The predicted octanol–water partition coefficient (Wildman–Crippen LogP) is 2.60. The molecule has 122 valence electrons. The number of rotatable bonds is 7. The van der Waals surface area contributed by atoms with E-state index in [9.17, 15) is 0 Å². The molecule has 0 amide bonds. The van der Waals surface area contributed by atoms with Gasteiger partial charge in [0.15, 0.2) is 5.96 Å². The highest BCUT2D eigenvalue weighted by atomic mass is 79.9. The van der Waals surface area contributed by atoms with Crippen LogP contribution in [0.3, 0.4) is 0 Å². The molecule has 0 unspecified atom stereocenters. The van der Waals surface area contributed by atoms with Crippen molar-refractivity contribution in [2.75, 3.05) is 40.3 Å². The van der Waals surface area contributed by atoms with Crippen LogP contribution in [0, 0.1) is 0 Å². The van der Waals surface area contributed by atoms with Crippen LogP contribution in [0.2, 0.25) is 0 Å². The number of nitrogens with zero attached hydrogens (tertiary/aromatic N) is 2. The van der Waals surface area contributed by atoms with E-state index in [0.29, 0.717) is 0 Å². The predicted molar refractivity (Wildman–Crippen MR) is 97.6 cm³/mol. The van der Waals surface area contributed by atoms with Crippen LogP contribution in [0.15, 0.2) is 33.7 Å². The Balaban J connectivity index is 1.85. The summed E-state index contributed by atoms with van der Waals surface area (Å²) in [5.41, 5.74) is 1.67. The van der Waals surface area contributed by atoms with Crippen LogP contribution in [0.1, 0.15) is 25.3 Å². The van der Waals surface area contributed by atoms with E-state index in [1.54, 1.807) is 0 Å². The van der Waals surface area contributed by atoms with Crippen molar-refractivity contribution in [3.8, 4) is 0 Å². The van der Waals surface area contributed by atoms with Crippen LogP contribution in [0.4, 0.5) is 0 Å². The number of aliphatic imine (C=N–C) groups is 1. The number of benzene rings is 1. The molecule has 1 aromatic carbocycles. The van der Waals surface area contributed by atoms with Crippen LogP contribution in [-0.4, -0.2) is 51.1 Å². The van der Waals surface area contributed by atoms with E-state index in [0.717, 1.165) is 32.1 Å². The first-order valence-electron chi connectivity index (χ1n) is 7.99. The maximum absolute atomic E-state index is 4.32. The Hall–Kier alpha value is -1.07. The van der Waals surface area contributed by atoms with Crippen molar-refractivity contribution in [1.82, 2.24) is 15.5 Å². The maximum atomic E-state index is 4.32. The third-order valence-corrected chi connectivity index (χ3v) is 5.13. The number of guanidine groups is 1. The average molecular weight is 367 g/mol. The summed E-state index contributed by atoms with van der Waals surface area (Å²) in [5.74, 6) is 0.892. The van der Waals surface area contributed by atoms with Gasteiger partial charge in [0.25, 0.3) is 0 Å². The lowest BCUT2D eigenvalue weighted by atomic mass is 9.96. The molecule has 0 radical (unpaired) electrons. The van der Waals surface area contributed by atoms with Crippen molar-refractivity contribution in [2.24, 2.45) is 4.99 Å². The monoisotopic (exact) mass is 366 g/mol. The molecule has 0 heterocycles. The van der Waals surface area contributed by atoms with Crippen molar-refractivity contribution < 1.29 is 0 Å². The Labute approximate surface area is 142 Å². The molecular weight excluding hydrogens is 340 g/mol. The van der Waals surface area contributed by atoms with Gasteiger partial charge in [0, 0.05) is 36.6 Å². The lowest BCUT2D eigenvalue weighted by Gasteiger charge is -2.21. The fourth-order valence-electron chi connectivity index (χ4n) is 2.58. The van der Waals surface area contributed by atoms with E-state index in [4.69, 9.17) is 0 Å². The molecule has 22 heavy (non-hydrogen) atoms. The molecule has 2 rings (SSSR count). The molecule has 5 heteroatoms. The molecule has 2 N–H and O–H groups in total. The van der Waals surface area contributed by atoms with Gasteiger partial charge in [-0.3, -0.25) is 4.99 Å². The molecule has 0 aliphatic heterocycles. The molecular formula is C17H27BrN4. The zero-order valence-electron chi connectivity index (χ0n) is 13.8. The normalized spacial score (nSPS) is 16.7. The Bertz CT molecular complexity index is 511. The highest BCUT2D eigenvalue weighted by Crippen LogP contribution is 2.49. The van der Waals surface area contributed by atoms with Crippen LogP contribution in [0.5, 0.6) is 0 Å². The van der Waals surface area contributed by atoms with Gasteiger partial charge in [-0.1, -0.05) is 41.1 Å². The quantitative estimate of drug-likeness (QED) is 0.575. The highest BCUT2D eigenvalue weighted by Gasteiger charge is 2.45. The molecule has 0 atom stereocenters. The molecule has 1 fully saturated rings. The molecule has 0 bridgehead atoms. The van der Waals surface area contributed by atoms with Gasteiger partial charge in [-0.15, -0.1) is 0 Å². The largest absolute Gasteiger partial charge is 0.356 e. The van der Waals surface area contributed by atoms with E-state index in [-0.39, 0.29) is 5.41 Å². The molecule has 0 saturated heterocycles. The fraction of sp³-hybridized carbons (Fsp3) is 0.588. The number of hydrogen-bond donors (Lipinski definition) is 2. The second-order valence-electron chi connectivity index (χ2n) is 6.01. The summed E-state index contributed by atoms with van der Waals surface area (Å²) in [7, 11) is 3.96. The van der Waals surface area contributed by atoms with E-state index in [1.165, 1.54) is 22.9 Å². The minimum atomic E-state index is 0.262. The number of nitrogens with one attached hydrogen (secondary N) is 2. The average Bonchev–Trinajstić information content (AvgIpc) is 3.31. The summed E-state index contributed by atoms with van der Waals surface area (Å²) < 4.78 is 1.21. The van der Waals surface area contributed by atoms with E-state index in [2.05, 4.69) is 74.7 Å². The van der Waals surface area contributed by atoms with Crippen molar-refractivity contribution in [3.63, 3.8) is 0 Å². The van der Waals surface area contributed by atoms with E-state index >= 15 is 0 Å². The van der Waals surface area contributed by atoms with Gasteiger partial charge >= 0.3 is 0 Å². The molecule has 1 aliphatic carbocycles. The Morgan fingerprint density at radius 2 is 2.05 bits per heavy atom. The first-order valence-corrected chi connectivity index (χ1v) is 8.78. The van der Waals surface area contributed by atoms with Crippen molar-refractivity contribution >= 4 is 21.9 Å². The second kappa shape index (κ2) is 7.97. The molecule has 1 aromatic rings. The zero-order chi connectivity index (χ0) is 16.0. The lowest BCUT2D eigenvalue weighted by Crippen LogP contribution is -2.43. The summed E-state index contributed by atoms with van der Waals surface area (Å²) in [6, 6.07) is 8.55. The van der Waals surface area contributed by atoms with Gasteiger partial charge in [-0.05, 0) is 38.1 Å². The number of hydrogen-bond acceptors (Lipinski definition) is 2. The summed E-state index contributed by atoms with van der Waals surface area (Å²) in [5, 5.41) is 6.88. The van der Waals surface area contributed by atoms with E-state index in [1.807, 2.05) is 7.05 Å². The van der Waals surface area contributed by atoms with Gasteiger partial charge in [0.2, 0.25) is 0 Å². The number of likely N-dealkylation sites (N-methyl/N-ethyl adjacent to an activating group) is 1. The summed E-state index contributed by atoms with van der Waals surface area (Å²) in [4.78, 5) is 6.60. The van der Waals surface area contributed by atoms with Gasteiger partial charge < -0.3 is 15.5 Å². The second-order valence-corrected chi connectivity index (χ2v) is 6.86. The molecule has 0 spiro atoms. The van der Waals surface area contributed by atoms with Gasteiger partial charge in [0.1, 0.15) is 0 Å². The van der Waals surface area contributed by atoms with Crippen LogP contribution < -0.4 is 10.6 Å². The minimum absolute atomic E-state index is 0.262.